The van der Waals surface area contributed by atoms with E-state index in [9.17, 15) is 25.9 Å². The number of halogens is 2. The van der Waals surface area contributed by atoms with Crippen LogP contribution in [0.1, 0.15) is 65.2 Å². The van der Waals surface area contributed by atoms with Gasteiger partial charge in [-0.1, -0.05) is 0 Å². The molecule has 2 aliphatic heterocycles. The van der Waals surface area contributed by atoms with Crippen LogP contribution in [0.3, 0.4) is 0 Å². The van der Waals surface area contributed by atoms with Crippen LogP contribution in [0.25, 0.3) is 0 Å². The molecule has 9 nitrogen and oxygen atoms in total. The van der Waals surface area contributed by atoms with Crippen LogP contribution in [-0.2, 0) is 25.0 Å². The first kappa shape index (κ1) is 29.7. The topological polar surface area (TPSA) is 124 Å². The second kappa shape index (κ2) is 11.7. The van der Waals surface area contributed by atoms with Gasteiger partial charge in [0.1, 0.15) is 12.6 Å². The van der Waals surface area contributed by atoms with Gasteiger partial charge in [0, 0.05) is 30.1 Å². The van der Waals surface area contributed by atoms with E-state index in [1.807, 2.05) is 6.08 Å². The van der Waals surface area contributed by atoms with Crippen LogP contribution in [0.4, 0.5) is 0 Å². The first-order valence-electron chi connectivity index (χ1n) is 12.9. The Bertz CT molecular complexity index is 1130. The van der Waals surface area contributed by atoms with Gasteiger partial charge in [-0.15, -0.1) is 23.2 Å². The lowest BCUT2D eigenvalue weighted by atomic mass is 9.92. The van der Waals surface area contributed by atoms with Gasteiger partial charge in [-0.3, -0.25) is 9.11 Å². The summed E-state index contributed by atoms with van der Waals surface area (Å²) in [5.41, 5.74) is 0. The summed E-state index contributed by atoms with van der Waals surface area (Å²) in [5, 5.41) is -0.427. The van der Waals surface area contributed by atoms with E-state index in [2.05, 4.69) is 9.48 Å². The van der Waals surface area contributed by atoms with Crippen molar-refractivity contribution < 1.29 is 35.3 Å². The molecule has 0 aromatic carbocycles. The van der Waals surface area contributed by atoms with E-state index in [0.717, 1.165) is 43.6 Å². The Hall–Kier alpha value is -0.240. The van der Waals surface area contributed by atoms with E-state index < -0.39 is 30.7 Å². The van der Waals surface area contributed by atoms with Gasteiger partial charge in [0.2, 0.25) is 5.04 Å². The number of alkyl halides is 2. The van der Waals surface area contributed by atoms with Crippen molar-refractivity contribution in [1.29, 1.82) is 0 Å². The zero-order valence-corrected chi connectivity index (χ0v) is 25.0. The largest absolute Gasteiger partial charge is 0.473 e. The Morgan fingerprint density at radius 3 is 2.32 bits per heavy atom. The molecule has 0 spiro atoms. The second-order valence-corrected chi connectivity index (χ2v) is 16.9. The third-order valence-electron chi connectivity index (χ3n) is 8.11. The Balaban J connectivity index is 1.64. The summed E-state index contributed by atoms with van der Waals surface area (Å²) < 4.78 is 74.1. The smallest absolute Gasteiger partial charge is 0.267 e. The van der Waals surface area contributed by atoms with E-state index in [4.69, 9.17) is 27.9 Å². The maximum atomic E-state index is 11.6. The molecular formula is C23H37Cl2N2O7S3+. The standard InChI is InChI=1S/C23H36Cl2N2O7S3/c1-14(36(28,29)30)7-9-26-18-11-16(24)3-5-20(18)34-22(26)13-23-27(10-8-15(2)37(31,32)33)19-12-17(25)4-6-21(19)35-23/h13-21H,3-12H2,1-2H3,(H-,28,29,30,31,32,33)/p+1. The summed E-state index contributed by atoms with van der Waals surface area (Å²) in [7, 11) is -8.27. The quantitative estimate of drug-likeness (QED) is 0.226. The van der Waals surface area contributed by atoms with Gasteiger partial charge >= 0.3 is 0 Å². The number of hydrogen-bond donors (Lipinski definition) is 2. The molecular weight excluding hydrogens is 583 g/mol. The van der Waals surface area contributed by atoms with E-state index in [0.29, 0.717) is 24.2 Å². The van der Waals surface area contributed by atoms with Crippen molar-refractivity contribution >= 4 is 60.2 Å². The fourth-order valence-electron chi connectivity index (χ4n) is 5.67. The minimum absolute atomic E-state index is 0.0150. The summed E-state index contributed by atoms with van der Waals surface area (Å²) in [5.74, 6) is 0.653. The summed E-state index contributed by atoms with van der Waals surface area (Å²) in [4.78, 5) is 2.08. The zero-order chi connectivity index (χ0) is 27.1. The highest BCUT2D eigenvalue weighted by Gasteiger charge is 2.48. The van der Waals surface area contributed by atoms with Gasteiger partial charge in [-0.05, 0) is 64.1 Å². The van der Waals surface area contributed by atoms with Crippen molar-refractivity contribution in [3.8, 4) is 0 Å². The molecule has 3 fully saturated rings. The van der Waals surface area contributed by atoms with Gasteiger partial charge < -0.3 is 9.64 Å². The average Bonchev–Trinajstić information content (AvgIpc) is 3.31. The maximum absolute atomic E-state index is 11.6. The summed E-state index contributed by atoms with van der Waals surface area (Å²) in [6.07, 6.45) is 7.51. The van der Waals surface area contributed by atoms with Crippen molar-refractivity contribution in [2.45, 2.75) is 110 Å². The van der Waals surface area contributed by atoms with E-state index in [1.54, 1.807) is 11.8 Å². The number of rotatable bonds is 9. The Morgan fingerprint density at radius 2 is 1.65 bits per heavy atom. The lowest BCUT2D eigenvalue weighted by Gasteiger charge is -2.32. The van der Waals surface area contributed by atoms with E-state index >= 15 is 0 Å². The Labute approximate surface area is 234 Å². The number of fused-ring (bicyclic) bond motifs is 2. The first-order chi connectivity index (χ1) is 17.2. The number of thioether (sulfide) groups is 1. The fraction of sp³-hybridized carbons (Fsp3) is 0.870. The SMILES string of the molecule is CC(CCN1C(=CC2=[N+](CCC(C)S(=O)(=O)O)C3CC(Cl)CCC3S2)OC2CCC(Cl)CC21)S(=O)(=O)O. The molecule has 212 valence electrons. The van der Waals surface area contributed by atoms with Crippen molar-refractivity contribution in [2.75, 3.05) is 13.1 Å². The number of nitrogens with zero attached hydrogens (tertiary/aromatic N) is 2. The highest BCUT2D eigenvalue weighted by Crippen LogP contribution is 2.42. The predicted octanol–water partition coefficient (Wildman–Crippen LogP) is 3.71. The van der Waals surface area contributed by atoms with Gasteiger partial charge in [0.25, 0.3) is 20.2 Å². The van der Waals surface area contributed by atoms with Crippen LogP contribution in [0.5, 0.6) is 0 Å². The third kappa shape index (κ3) is 7.10. The van der Waals surface area contributed by atoms with Crippen LogP contribution in [0, 0.1) is 0 Å². The lowest BCUT2D eigenvalue weighted by Crippen LogP contribution is -2.41. The molecule has 8 atom stereocenters. The number of ether oxygens (including phenoxy) is 1. The molecule has 8 unspecified atom stereocenters. The van der Waals surface area contributed by atoms with Crippen LogP contribution in [0.15, 0.2) is 12.0 Å². The minimum atomic E-state index is -4.14. The van der Waals surface area contributed by atoms with Crippen molar-refractivity contribution in [1.82, 2.24) is 4.90 Å². The van der Waals surface area contributed by atoms with Gasteiger partial charge in [0.05, 0.1) is 27.9 Å². The molecule has 1 saturated heterocycles. The van der Waals surface area contributed by atoms with Crippen LogP contribution >= 0.6 is 35.0 Å². The summed E-state index contributed by atoms with van der Waals surface area (Å²) in [6.45, 7) is 3.84. The fourth-order valence-corrected chi connectivity index (χ4v) is 8.61. The molecule has 4 aliphatic rings. The zero-order valence-electron chi connectivity index (χ0n) is 21.1. The predicted molar refractivity (Wildman–Crippen MR) is 147 cm³/mol. The van der Waals surface area contributed by atoms with Crippen molar-refractivity contribution in [3.05, 3.63) is 12.0 Å². The summed E-state index contributed by atoms with van der Waals surface area (Å²) >= 11 is 14.8. The molecule has 0 radical (unpaired) electrons. The minimum Gasteiger partial charge on any atom is -0.473 e. The van der Waals surface area contributed by atoms with Crippen LogP contribution in [-0.4, -0.2) is 98.2 Å². The van der Waals surface area contributed by atoms with Gasteiger partial charge in [-0.25, -0.2) is 4.58 Å². The molecule has 0 bridgehead atoms. The Morgan fingerprint density at radius 1 is 1.03 bits per heavy atom. The molecule has 0 aromatic rings. The second-order valence-electron chi connectivity index (χ2n) is 10.7. The third-order valence-corrected chi connectivity index (χ3v) is 12.9. The number of hydrogen-bond acceptors (Lipinski definition) is 7. The maximum Gasteiger partial charge on any atom is 0.267 e. The molecule has 0 aromatic heterocycles. The molecule has 37 heavy (non-hydrogen) atoms. The van der Waals surface area contributed by atoms with Crippen LogP contribution < -0.4 is 0 Å². The summed E-state index contributed by atoms with van der Waals surface area (Å²) in [6, 6.07) is 0.177. The highest BCUT2D eigenvalue weighted by atomic mass is 35.5. The molecule has 14 heteroatoms. The average molecular weight is 621 g/mol. The first-order valence-corrected chi connectivity index (χ1v) is 17.7. The molecule has 2 aliphatic carbocycles. The van der Waals surface area contributed by atoms with Crippen molar-refractivity contribution in [2.24, 2.45) is 0 Å². The lowest BCUT2D eigenvalue weighted by molar-refractivity contribution is -0.561. The Kier molecular flexibility index (Phi) is 9.41. The van der Waals surface area contributed by atoms with Crippen LogP contribution in [0.2, 0.25) is 0 Å². The van der Waals surface area contributed by atoms with E-state index in [1.165, 1.54) is 13.8 Å². The normalized spacial score (nSPS) is 35.3. The highest BCUT2D eigenvalue weighted by molar-refractivity contribution is 8.14. The van der Waals surface area contributed by atoms with Crippen molar-refractivity contribution in [3.63, 3.8) is 0 Å². The molecule has 2 saturated carbocycles. The van der Waals surface area contributed by atoms with E-state index in [-0.39, 0.29) is 41.8 Å². The van der Waals surface area contributed by atoms with Gasteiger partial charge in [0.15, 0.2) is 11.9 Å². The van der Waals surface area contributed by atoms with Gasteiger partial charge in [-0.2, -0.15) is 16.8 Å². The molecule has 4 rings (SSSR count). The molecule has 0 amide bonds. The molecule has 2 heterocycles. The molecule has 2 N–H and O–H groups in total. The monoisotopic (exact) mass is 619 g/mol.